The Morgan fingerprint density at radius 2 is 1.82 bits per heavy atom. The number of aryl methyl sites for hydroxylation is 2. The van der Waals surface area contributed by atoms with Gasteiger partial charge in [0, 0.05) is 17.6 Å². The second-order valence-corrected chi connectivity index (χ2v) is 7.42. The van der Waals surface area contributed by atoms with E-state index >= 15 is 0 Å². The van der Waals surface area contributed by atoms with Crippen molar-refractivity contribution in [3.8, 4) is 0 Å². The minimum absolute atomic E-state index is 0.199. The molecule has 1 atom stereocenters. The molecule has 144 valence electrons. The number of hydrogen-bond acceptors (Lipinski definition) is 2. The number of H-pyrrole nitrogens is 1. The highest BCUT2D eigenvalue weighted by atomic mass is 16.2. The number of carbonyl (C=O) groups is 2. The third-order valence-corrected chi connectivity index (χ3v) is 5.43. The summed E-state index contributed by atoms with van der Waals surface area (Å²) in [7, 11) is 0. The summed E-state index contributed by atoms with van der Waals surface area (Å²) < 4.78 is 0. The first-order valence-electron chi connectivity index (χ1n) is 9.88. The lowest BCUT2D eigenvalue weighted by atomic mass is 9.95. The Labute approximate surface area is 164 Å². The van der Waals surface area contributed by atoms with Crippen LogP contribution in [0.15, 0.2) is 48.5 Å². The highest BCUT2D eigenvalue weighted by Crippen LogP contribution is 2.30. The van der Waals surface area contributed by atoms with Crippen molar-refractivity contribution < 1.29 is 9.59 Å². The number of nitrogens with one attached hydrogen (secondary N) is 3. The van der Waals surface area contributed by atoms with Gasteiger partial charge >= 0.3 is 0 Å². The standard InChI is InChI=1S/C23H25N3O2/c1-15(22(27)24-14-16-8-3-2-4-9-16)25-23(28)19-12-7-11-18-17-10-5-6-13-20(17)26-21(18)19/h2-4,7-9,11-12,15,26H,5-6,10,13-14H2,1H3,(H,24,27)(H,25,28). The minimum atomic E-state index is -0.615. The van der Waals surface area contributed by atoms with E-state index in [1.54, 1.807) is 6.92 Å². The van der Waals surface area contributed by atoms with Gasteiger partial charge in [0.1, 0.15) is 6.04 Å². The maximum Gasteiger partial charge on any atom is 0.254 e. The van der Waals surface area contributed by atoms with E-state index in [9.17, 15) is 9.59 Å². The highest BCUT2D eigenvalue weighted by molar-refractivity contribution is 6.08. The van der Waals surface area contributed by atoms with Gasteiger partial charge < -0.3 is 15.6 Å². The van der Waals surface area contributed by atoms with Gasteiger partial charge in [0.25, 0.3) is 5.91 Å². The van der Waals surface area contributed by atoms with E-state index < -0.39 is 6.04 Å². The molecule has 0 saturated carbocycles. The highest BCUT2D eigenvalue weighted by Gasteiger charge is 2.21. The molecule has 28 heavy (non-hydrogen) atoms. The van der Waals surface area contributed by atoms with E-state index in [0.717, 1.165) is 29.3 Å². The van der Waals surface area contributed by atoms with Gasteiger partial charge in [0.15, 0.2) is 0 Å². The van der Waals surface area contributed by atoms with Crippen LogP contribution in [0.3, 0.4) is 0 Å². The molecule has 3 N–H and O–H groups in total. The topological polar surface area (TPSA) is 74.0 Å². The van der Waals surface area contributed by atoms with Crippen LogP contribution in [0, 0.1) is 0 Å². The van der Waals surface area contributed by atoms with Crippen molar-refractivity contribution in [3.05, 3.63) is 70.9 Å². The molecule has 5 heteroatoms. The van der Waals surface area contributed by atoms with Crippen LogP contribution in [0.2, 0.25) is 0 Å². The SMILES string of the molecule is CC(NC(=O)c1cccc2c3c([nH]c12)CCCC3)C(=O)NCc1ccccc1. The second kappa shape index (κ2) is 7.89. The zero-order valence-electron chi connectivity index (χ0n) is 16.0. The molecule has 3 aromatic rings. The van der Waals surface area contributed by atoms with Crippen molar-refractivity contribution in [2.24, 2.45) is 0 Å². The summed E-state index contributed by atoms with van der Waals surface area (Å²) in [6.07, 6.45) is 4.46. The van der Waals surface area contributed by atoms with E-state index in [2.05, 4.69) is 21.7 Å². The summed E-state index contributed by atoms with van der Waals surface area (Å²) in [5.41, 5.74) is 5.08. The summed E-state index contributed by atoms with van der Waals surface area (Å²) in [5, 5.41) is 6.83. The van der Waals surface area contributed by atoms with Gasteiger partial charge in [0.2, 0.25) is 5.91 Å². The maximum absolute atomic E-state index is 12.8. The van der Waals surface area contributed by atoms with Crippen molar-refractivity contribution in [1.82, 2.24) is 15.6 Å². The van der Waals surface area contributed by atoms with Crippen LogP contribution in [0.4, 0.5) is 0 Å². The molecule has 0 spiro atoms. The van der Waals surface area contributed by atoms with Crippen LogP contribution in [0.5, 0.6) is 0 Å². The predicted octanol–water partition coefficient (Wildman–Crippen LogP) is 3.48. The Morgan fingerprint density at radius 1 is 1.04 bits per heavy atom. The summed E-state index contributed by atoms with van der Waals surface area (Å²) in [6.45, 7) is 2.15. The van der Waals surface area contributed by atoms with Crippen LogP contribution in [0.25, 0.3) is 10.9 Å². The lowest BCUT2D eigenvalue weighted by molar-refractivity contribution is -0.122. The smallest absolute Gasteiger partial charge is 0.254 e. The van der Waals surface area contributed by atoms with Gasteiger partial charge in [0.05, 0.1) is 11.1 Å². The number of carbonyl (C=O) groups excluding carboxylic acids is 2. The summed E-state index contributed by atoms with van der Waals surface area (Å²) in [5.74, 6) is -0.429. The average molecular weight is 375 g/mol. The molecule has 4 rings (SSSR count). The summed E-state index contributed by atoms with van der Waals surface area (Å²) in [6, 6.07) is 14.9. The number of para-hydroxylation sites is 1. The van der Waals surface area contributed by atoms with Crippen LogP contribution >= 0.6 is 0 Å². The fourth-order valence-electron chi connectivity index (χ4n) is 3.90. The predicted molar refractivity (Wildman–Crippen MR) is 110 cm³/mol. The third kappa shape index (κ3) is 3.65. The van der Waals surface area contributed by atoms with Crippen molar-refractivity contribution in [3.63, 3.8) is 0 Å². The third-order valence-electron chi connectivity index (χ3n) is 5.43. The molecule has 0 bridgehead atoms. The molecule has 0 saturated heterocycles. The van der Waals surface area contributed by atoms with Gasteiger partial charge in [-0.2, -0.15) is 0 Å². The van der Waals surface area contributed by atoms with Crippen LogP contribution < -0.4 is 10.6 Å². The molecule has 0 aliphatic heterocycles. The van der Waals surface area contributed by atoms with Crippen LogP contribution in [-0.4, -0.2) is 22.8 Å². The maximum atomic E-state index is 12.8. The number of rotatable bonds is 5. The molecule has 2 aromatic carbocycles. The van der Waals surface area contributed by atoms with E-state index in [4.69, 9.17) is 0 Å². The van der Waals surface area contributed by atoms with E-state index in [1.807, 2.05) is 42.5 Å². The lowest BCUT2D eigenvalue weighted by Gasteiger charge is -2.14. The molecule has 0 fully saturated rings. The molecule has 1 aliphatic rings. The van der Waals surface area contributed by atoms with Crippen LogP contribution in [0.1, 0.15) is 46.9 Å². The van der Waals surface area contributed by atoms with Gasteiger partial charge in [-0.15, -0.1) is 0 Å². The molecule has 1 heterocycles. The molecular weight excluding hydrogens is 350 g/mol. The van der Waals surface area contributed by atoms with E-state index in [1.165, 1.54) is 24.1 Å². The zero-order valence-corrected chi connectivity index (χ0v) is 16.0. The lowest BCUT2D eigenvalue weighted by Crippen LogP contribution is -2.44. The molecular formula is C23H25N3O2. The van der Waals surface area contributed by atoms with E-state index in [-0.39, 0.29) is 11.8 Å². The summed E-state index contributed by atoms with van der Waals surface area (Å²) >= 11 is 0. The quantitative estimate of drug-likeness (QED) is 0.639. The van der Waals surface area contributed by atoms with Crippen LogP contribution in [-0.2, 0) is 24.2 Å². The number of amides is 2. The fraction of sp³-hybridized carbons (Fsp3) is 0.304. The first-order chi connectivity index (χ1) is 13.6. The molecule has 1 unspecified atom stereocenters. The molecule has 5 nitrogen and oxygen atoms in total. The van der Waals surface area contributed by atoms with Crippen molar-refractivity contribution in [1.29, 1.82) is 0 Å². The molecule has 2 amide bonds. The number of aromatic amines is 1. The van der Waals surface area contributed by atoms with Crippen molar-refractivity contribution >= 4 is 22.7 Å². The van der Waals surface area contributed by atoms with E-state index in [0.29, 0.717) is 12.1 Å². The Bertz CT molecular complexity index is 1010. The number of fused-ring (bicyclic) bond motifs is 3. The Hall–Kier alpha value is -3.08. The number of benzene rings is 2. The number of aromatic nitrogens is 1. The van der Waals surface area contributed by atoms with Crippen molar-refractivity contribution in [2.45, 2.75) is 45.2 Å². The second-order valence-electron chi connectivity index (χ2n) is 7.42. The monoisotopic (exact) mass is 375 g/mol. The van der Waals surface area contributed by atoms with Gasteiger partial charge in [-0.3, -0.25) is 9.59 Å². The summed E-state index contributed by atoms with van der Waals surface area (Å²) in [4.78, 5) is 28.7. The zero-order chi connectivity index (χ0) is 19.5. The Kier molecular flexibility index (Phi) is 5.15. The fourth-order valence-corrected chi connectivity index (χ4v) is 3.90. The molecule has 1 aliphatic carbocycles. The van der Waals surface area contributed by atoms with Gasteiger partial charge in [-0.1, -0.05) is 42.5 Å². The van der Waals surface area contributed by atoms with Gasteiger partial charge in [-0.05, 0) is 49.8 Å². The molecule has 0 radical (unpaired) electrons. The number of hydrogen-bond donors (Lipinski definition) is 3. The van der Waals surface area contributed by atoms with Crippen molar-refractivity contribution in [2.75, 3.05) is 0 Å². The average Bonchev–Trinajstić information content (AvgIpc) is 3.11. The Balaban J connectivity index is 1.46. The first kappa shape index (κ1) is 18.3. The Morgan fingerprint density at radius 3 is 2.64 bits per heavy atom. The first-order valence-corrected chi connectivity index (χ1v) is 9.88. The molecule has 1 aromatic heterocycles. The normalized spacial score (nSPS) is 14.3. The van der Waals surface area contributed by atoms with Gasteiger partial charge in [-0.25, -0.2) is 0 Å². The largest absolute Gasteiger partial charge is 0.358 e. The minimum Gasteiger partial charge on any atom is -0.358 e.